The van der Waals surface area contributed by atoms with Crippen molar-refractivity contribution in [1.29, 1.82) is 5.26 Å². The van der Waals surface area contributed by atoms with Gasteiger partial charge in [0, 0.05) is 17.9 Å². The number of aromatic nitrogens is 1. The molecule has 2 aromatic rings. The Labute approximate surface area is 195 Å². The van der Waals surface area contributed by atoms with Gasteiger partial charge in [-0.1, -0.05) is 13.8 Å². The molecule has 10 heteroatoms. The fourth-order valence-corrected chi connectivity index (χ4v) is 4.77. The lowest BCUT2D eigenvalue weighted by molar-refractivity contribution is -0.115. The van der Waals surface area contributed by atoms with Crippen molar-refractivity contribution >= 4 is 45.9 Å². The van der Waals surface area contributed by atoms with E-state index in [0.717, 1.165) is 17.0 Å². The van der Waals surface area contributed by atoms with E-state index in [0.29, 0.717) is 21.9 Å². The number of thioether (sulfide) groups is 1. The zero-order valence-electron chi connectivity index (χ0n) is 18.6. The summed E-state index contributed by atoms with van der Waals surface area (Å²) in [5.41, 5.74) is 1.87. The Morgan fingerprint density at radius 1 is 1.28 bits per heavy atom. The topological polar surface area (TPSA) is 118 Å². The van der Waals surface area contributed by atoms with Gasteiger partial charge in [0.1, 0.15) is 21.0 Å². The molecule has 0 aromatic carbocycles. The third-order valence-corrected chi connectivity index (χ3v) is 6.59. The maximum absolute atomic E-state index is 12.5. The summed E-state index contributed by atoms with van der Waals surface area (Å²) in [6, 6.07) is 5.68. The summed E-state index contributed by atoms with van der Waals surface area (Å²) in [5, 5.41) is 12.8. The van der Waals surface area contributed by atoms with Crippen LogP contribution in [-0.4, -0.2) is 42.3 Å². The van der Waals surface area contributed by atoms with Crippen LogP contribution in [0.3, 0.4) is 0 Å². The molecule has 8 nitrogen and oxygen atoms in total. The van der Waals surface area contributed by atoms with Crippen molar-refractivity contribution in [3.05, 3.63) is 39.4 Å². The van der Waals surface area contributed by atoms with Crippen LogP contribution >= 0.6 is 23.1 Å². The molecule has 0 bridgehead atoms. The molecule has 2 heterocycles. The SMILES string of the molecule is CCOC(=O)c1sc(NC(=O)CCSc2nc(C(C)C)ccc2C#N)c(C(=O)OC)c1C. The normalized spacial score (nSPS) is 10.5. The number of rotatable bonds is 9. The number of nitrogens with one attached hydrogen (secondary N) is 1. The molecule has 0 fully saturated rings. The quantitative estimate of drug-likeness (QED) is 0.415. The number of esters is 2. The molecular weight excluding hydrogens is 450 g/mol. The van der Waals surface area contributed by atoms with Crippen LogP contribution < -0.4 is 5.32 Å². The van der Waals surface area contributed by atoms with Gasteiger partial charge in [-0.25, -0.2) is 14.6 Å². The minimum absolute atomic E-state index is 0.120. The van der Waals surface area contributed by atoms with Gasteiger partial charge in [0.15, 0.2) is 0 Å². The first-order valence-corrected chi connectivity index (χ1v) is 11.8. The molecule has 1 amide bonds. The number of pyridine rings is 1. The average Bonchev–Trinajstić information content (AvgIpc) is 3.08. The van der Waals surface area contributed by atoms with Gasteiger partial charge in [0.25, 0.3) is 0 Å². The molecule has 0 atom stereocenters. The van der Waals surface area contributed by atoms with Gasteiger partial charge in [-0.15, -0.1) is 23.1 Å². The lowest BCUT2D eigenvalue weighted by Crippen LogP contribution is -2.14. The van der Waals surface area contributed by atoms with Crippen molar-refractivity contribution in [2.75, 3.05) is 24.8 Å². The molecule has 1 N–H and O–H groups in total. The van der Waals surface area contributed by atoms with E-state index >= 15 is 0 Å². The summed E-state index contributed by atoms with van der Waals surface area (Å²) >= 11 is 2.30. The summed E-state index contributed by atoms with van der Waals surface area (Å²) in [6.45, 7) is 7.52. The molecule has 0 aliphatic rings. The first kappa shape index (κ1) is 25.4. The Morgan fingerprint density at radius 3 is 2.59 bits per heavy atom. The minimum atomic E-state index is -0.646. The van der Waals surface area contributed by atoms with E-state index in [1.54, 1.807) is 19.9 Å². The van der Waals surface area contributed by atoms with E-state index < -0.39 is 11.9 Å². The Morgan fingerprint density at radius 2 is 2.00 bits per heavy atom. The highest BCUT2D eigenvalue weighted by Gasteiger charge is 2.27. The monoisotopic (exact) mass is 475 g/mol. The highest BCUT2D eigenvalue weighted by molar-refractivity contribution is 7.99. The Bertz CT molecular complexity index is 1060. The Balaban J connectivity index is 2.13. The number of thiophene rings is 1. The number of hydrogen-bond donors (Lipinski definition) is 1. The molecule has 0 spiro atoms. The smallest absolute Gasteiger partial charge is 0.348 e. The van der Waals surface area contributed by atoms with Gasteiger partial charge < -0.3 is 14.8 Å². The largest absolute Gasteiger partial charge is 0.465 e. The molecule has 0 aliphatic carbocycles. The number of methoxy groups -OCH3 is 1. The lowest BCUT2D eigenvalue weighted by Gasteiger charge is -2.09. The molecule has 0 saturated heterocycles. The number of ether oxygens (including phenoxy) is 2. The van der Waals surface area contributed by atoms with Crippen molar-refractivity contribution in [2.24, 2.45) is 0 Å². The maximum Gasteiger partial charge on any atom is 0.348 e. The van der Waals surface area contributed by atoms with E-state index in [9.17, 15) is 19.6 Å². The second kappa shape index (κ2) is 11.6. The minimum Gasteiger partial charge on any atom is -0.465 e. The number of nitrogens with zero attached hydrogens (tertiary/aromatic N) is 2. The van der Waals surface area contributed by atoms with Crippen molar-refractivity contribution in [3.8, 4) is 6.07 Å². The summed E-state index contributed by atoms with van der Waals surface area (Å²) in [6.07, 6.45) is 0.120. The van der Waals surface area contributed by atoms with E-state index in [1.807, 2.05) is 19.9 Å². The maximum atomic E-state index is 12.5. The van der Waals surface area contributed by atoms with Crippen molar-refractivity contribution in [1.82, 2.24) is 4.98 Å². The van der Waals surface area contributed by atoms with Crippen molar-refractivity contribution in [2.45, 2.75) is 45.1 Å². The second-order valence-electron chi connectivity index (χ2n) is 6.97. The summed E-state index contributed by atoms with van der Waals surface area (Å²) in [7, 11) is 1.23. The van der Waals surface area contributed by atoms with Crippen LogP contribution in [0, 0.1) is 18.3 Å². The van der Waals surface area contributed by atoms with Gasteiger partial charge in [-0.3, -0.25) is 4.79 Å². The first-order valence-electron chi connectivity index (χ1n) is 9.95. The van der Waals surface area contributed by atoms with E-state index in [1.165, 1.54) is 18.9 Å². The van der Waals surface area contributed by atoms with Gasteiger partial charge in [-0.2, -0.15) is 5.26 Å². The molecule has 32 heavy (non-hydrogen) atoms. The third-order valence-electron chi connectivity index (χ3n) is 4.41. The number of amides is 1. The first-order chi connectivity index (χ1) is 15.2. The highest BCUT2D eigenvalue weighted by atomic mass is 32.2. The van der Waals surface area contributed by atoms with E-state index in [2.05, 4.69) is 16.4 Å². The van der Waals surface area contributed by atoms with Crippen molar-refractivity contribution < 1.29 is 23.9 Å². The zero-order chi connectivity index (χ0) is 23.8. The van der Waals surface area contributed by atoms with Crippen LogP contribution in [0.15, 0.2) is 17.2 Å². The van der Waals surface area contributed by atoms with Gasteiger partial charge in [0.2, 0.25) is 5.91 Å². The van der Waals surface area contributed by atoms with Crippen LogP contribution in [0.1, 0.15) is 70.0 Å². The molecule has 0 aliphatic heterocycles. The molecule has 0 unspecified atom stereocenters. The number of carbonyl (C=O) groups is 3. The summed E-state index contributed by atoms with van der Waals surface area (Å²) < 4.78 is 9.84. The predicted molar refractivity (Wildman–Crippen MR) is 123 cm³/mol. The summed E-state index contributed by atoms with van der Waals surface area (Å²) in [5.74, 6) is -0.933. The molecule has 0 saturated carbocycles. The fraction of sp³-hybridized carbons (Fsp3) is 0.409. The highest BCUT2D eigenvalue weighted by Crippen LogP contribution is 2.34. The second-order valence-corrected chi connectivity index (χ2v) is 9.08. The standard InChI is InChI=1S/C22H25N3O5S2/c1-6-30-22(28)18-13(4)17(21(27)29-5)20(32-18)25-16(26)9-10-31-19-14(11-23)7-8-15(24-19)12(2)3/h7-8,12H,6,9-10H2,1-5H3,(H,25,26). The fourth-order valence-electron chi connectivity index (χ4n) is 2.74. The van der Waals surface area contributed by atoms with E-state index in [4.69, 9.17) is 9.47 Å². The van der Waals surface area contributed by atoms with Crippen LogP contribution in [0.5, 0.6) is 0 Å². The van der Waals surface area contributed by atoms with Crippen LogP contribution in [0.4, 0.5) is 5.00 Å². The zero-order valence-corrected chi connectivity index (χ0v) is 20.2. The lowest BCUT2D eigenvalue weighted by atomic mass is 10.1. The van der Waals surface area contributed by atoms with Crippen molar-refractivity contribution in [3.63, 3.8) is 0 Å². The number of hydrogen-bond acceptors (Lipinski definition) is 9. The van der Waals surface area contributed by atoms with Crippen LogP contribution in [0.25, 0.3) is 0 Å². The molecule has 2 rings (SSSR count). The third kappa shape index (κ3) is 6.08. The number of anilines is 1. The van der Waals surface area contributed by atoms with E-state index in [-0.39, 0.29) is 40.3 Å². The number of nitriles is 1. The Hall–Kier alpha value is -2.90. The molecular formula is C22H25N3O5S2. The van der Waals surface area contributed by atoms with Crippen LogP contribution in [-0.2, 0) is 14.3 Å². The average molecular weight is 476 g/mol. The molecule has 0 radical (unpaired) electrons. The molecule has 170 valence electrons. The number of carbonyl (C=O) groups excluding carboxylic acids is 3. The van der Waals surface area contributed by atoms with Gasteiger partial charge in [-0.05, 0) is 37.5 Å². The Kier molecular flexibility index (Phi) is 9.23. The molecule has 2 aromatic heterocycles. The van der Waals surface area contributed by atoms with Gasteiger partial charge >= 0.3 is 11.9 Å². The van der Waals surface area contributed by atoms with Crippen LogP contribution in [0.2, 0.25) is 0 Å². The predicted octanol–water partition coefficient (Wildman–Crippen LogP) is 4.53. The summed E-state index contributed by atoms with van der Waals surface area (Å²) in [4.78, 5) is 41.7. The van der Waals surface area contributed by atoms with Gasteiger partial charge in [0.05, 0.1) is 24.8 Å².